The first-order valence-electron chi connectivity index (χ1n) is 7.42. The van der Waals surface area contributed by atoms with Crippen LogP contribution in [0.25, 0.3) is 0 Å². The van der Waals surface area contributed by atoms with Crippen LogP contribution in [-0.2, 0) is 4.79 Å². The Balaban J connectivity index is 1.64. The van der Waals surface area contributed by atoms with E-state index in [-0.39, 0.29) is 11.8 Å². The number of carbonyl (C=O) groups is 1. The molecule has 0 atom stereocenters. The molecule has 0 aromatic rings. The van der Waals surface area contributed by atoms with Gasteiger partial charge in [-0.25, -0.2) is 0 Å². The molecule has 0 saturated heterocycles. The Hall–Kier alpha value is -0.830. The normalized spacial score (nSPS) is 28.6. The van der Waals surface area contributed by atoms with Gasteiger partial charge in [0.1, 0.15) is 0 Å². The summed E-state index contributed by atoms with van der Waals surface area (Å²) in [5.41, 5.74) is 1.49. The molecule has 0 aromatic carbocycles. The van der Waals surface area contributed by atoms with Crippen LogP contribution in [0.3, 0.4) is 0 Å². The average Bonchev–Trinajstić information content (AvgIpc) is 2.40. The third-order valence-corrected chi connectivity index (χ3v) is 4.29. The van der Waals surface area contributed by atoms with Gasteiger partial charge in [-0.15, -0.1) is 0 Å². The van der Waals surface area contributed by atoms with E-state index in [9.17, 15) is 4.79 Å². The Kier molecular flexibility index (Phi) is 5.24. The molecule has 0 spiro atoms. The van der Waals surface area contributed by atoms with Crippen molar-refractivity contribution in [2.24, 2.45) is 11.8 Å². The molecule has 1 fully saturated rings. The van der Waals surface area contributed by atoms with Crippen molar-refractivity contribution < 1.29 is 4.79 Å². The zero-order valence-electron chi connectivity index (χ0n) is 11.5. The summed E-state index contributed by atoms with van der Waals surface area (Å²) in [5, 5.41) is 6.42. The third kappa shape index (κ3) is 4.13. The second-order valence-electron chi connectivity index (χ2n) is 5.81. The van der Waals surface area contributed by atoms with Gasteiger partial charge in [-0.3, -0.25) is 4.79 Å². The van der Waals surface area contributed by atoms with Gasteiger partial charge in [-0.1, -0.05) is 18.6 Å². The Labute approximate surface area is 110 Å². The molecule has 0 bridgehead atoms. The highest BCUT2D eigenvalue weighted by Gasteiger charge is 2.23. The fourth-order valence-corrected chi connectivity index (χ4v) is 2.91. The molecule has 102 valence electrons. The number of nitrogens with one attached hydrogen (secondary N) is 2. The maximum Gasteiger partial charge on any atom is 0.223 e. The first-order chi connectivity index (χ1) is 8.75. The highest BCUT2D eigenvalue weighted by Crippen LogP contribution is 2.28. The second-order valence-corrected chi connectivity index (χ2v) is 5.81. The fourth-order valence-electron chi connectivity index (χ4n) is 2.91. The molecule has 3 nitrogen and oxygen atoms in total. The summed E-state index contributed by atoms with van der Waals surface area (Å²) in [5.74, 6) is 1.38. The van der Waals surface area contributed by atoms with E-state index >= 15 is 0 Å². The average molecular weight is 250 g/mol. The van der Waals surface area contributed by atoms with Gasteiger partial charge < -0.3 is 10.6 Å². The van der Waals surface area contributed by atoms with Crippen LogP contribution in [0, 0.1) is 11.8 Å². The van der Waals surface area contributed by atoms with Gasteiger partial charge in [0.25, 0.3) is 0 Å². The van der Waals surface area contributed by atoms with Crippen molar-refractivity contribution in [1.82, 2.24) is 10.6 Å². The van der Waals surface area contributed by atoms with Crippen molar-refractivity contribution in [1.29, 1.82) is 0 Å². The van der Waals surface area contributed by atoms with E-state index in [1.165, 1.54) is 18.4 Å². The maximum absolute atomic E-state index is 12.0. The molecule has 2 rings (SSSR count). The minimum Gasteiger partial charge on any atom is -0.356 e. The summed E-state index contributed by atoms with van der Waals surface area (Å²) < 4.78 is 0. The van der Waals surface area contributed by atoms with Gasteiger partial charge in [-0.05, 0) is 51.0 Å². The van der Waals surface area contributed by atoms with E-state index in [0.717, 1.165) is 51.2 Å². The lowest BCUT2D eigenvalue weighted by molar-refractivity contribution is -0.126. The van der Waals surface area contributed by atoms with Gasteiger partial charge in [0.05, 0.1) is 0 Å². The Morgan fingerprint density at radius 2 is 2.17 bits per heavy atom. The molecule has 0 radical (unpaired) electrons. The molecule has 1 saturated carbocycles. The standard InChI is InChI=1S/C15H26N2O/c1-12-2-4-14(5-3-12)15(18)17-11-8-13-6-9-16-10-7-13/h6,12,14,16H,2-5,7-11H2,1H3,(H,17,18). The quantitative estimate of drug-likeness (QED) is 0.751. The van der Waals surface area contributed by atoms with Crippen molar-refractivity contribution in [2.45, 2.75) is 45.4 Å². The molecular weight excluding hydrogens is 224 g/mol. The van der Waals surface area contributed by atoms with Gasteiger partial charge in [0, 0.05) is 19.0 Å². The first kappa shape index (κ1) is 13.6. The molecule has 0 aromatic heterocycles. The Morgan fingerprint density at radius 3 is 2.83 bits per heavy atom. The second kappa shape index (κ2) is 6.93. The Morgan fingerprint density at radius 1 is 1.39 bits per heavy atom. The van der Waals surface area contributed by atoms with Crippen LogP contribution in [0.4, 0.5) is 0 Å². The highest BCUT2D eigenvalue weighted by atomic mass is 16.1. The van der Waals surface area contributed by atoms with Crippen molar-refractivity contribution in [3.63, 3.8) is 0 Å². The molecule has 1 aliphatic carbocycles. The third-order valence-electron chi connectivity index (χ3n) is 4.29. The maximum atomic E-state index is 12.0. The first-order valence-corrected chi connectivity index (χ1v) is 7.42. The SMILES string of the molecule is CC1CCC(C(=O)NCCC2=CCNCC2)CC1. The Bertz CT molecular complexity index is 304. The summed E-state index contributed by atoms with van der Waals surface area (Å²) in [7, 11) is 0. The number of rotatable bonds is 4. The molecular formula is C15H26N2O. The van der Waals surface area contributed by atoms with E-state index in [2.05, 4.69) is 23.6 Å². The van der Waals surface area contributed by atoms with Crippen molar-refractivity contribution in [2.75, 3.05) is 19.6 Å². The lowest BCUT2D eigenvalue weighted by Gasteiger charge is -2.25. The number of amides is 1. The highest BCUT2D eigenvalue weighted by molar-refractivity contribution is 5.78. The zero-order valence-corrected chi connectivity index (χ0v) is 11.5. The van der Waals surface area contributed by atoms with Crippen molar-refractivity contribution in [3.05, 3.63) is 11.6 Å². The van der Waals surface area contributed by atoms with Gasteiger partial charge in [-0.2, -0.15) is 0 Å². The fraction of sp³-hybridized carbons (Fsp3) is 0.800. The van der Waals surface area contributed by atoms with Crippen LogP contribution in [0.2, 0.25) is 0 Å². The molecule has 0 unspecified atom stereocenters. The van der Waals surface area contributed by atoms with Crippen molar-refractivity contribution >= 4 is 5.91 Å². The van der Waals surface area contributed by atoms with E-state index in [1.54, 1.807) is 0 Å². The zero-order chi connectivity index (χ0) is 12.8. The summed E-state index contributed by atoms with van der Waals surface area (Å²) in [6.07, 6.45) is 9.02. The van der Waals surface area contributed by atoms with E-state index < -0.39 is 0 Å². The molecule has 2 aliphatic rings. The van der Waals surface area contributed by atoms with Gasteiger partial charge in [0.2, 0.25) is 5.91 Å². The monoisotopic (exact) mass is 250 g/mol. The van der Waals surface area contributed by atoms with E-state index in [4.69, 9.17) is 0 Å². The van der Waals surface area contributed by atoms with E-state index in [0.29, 0.717) is 0 Å². The molecule has 1 heterocycles. The van der Waals surface area contributed by atoms with Crippen LogP contribution >= 0.6 is 0 Å². The molecule has 1 amide bonds. The summed E-state index contributed by atoms with van der Waals surface area (Å²) >= 11 is 0. The number of carbonyl (C=O) groups excluding carboxylic acids is 1. The predicted octanol–water partition coefficient (Wildman–Crippen LogP) is 2.24. The van der Waals surface area contributed by atoms with Crippen LogP contribution in [0.5, 0.6) is 0 Å². The minimum absolute atomic E-state index is 0.281. The lowest BCUT2D eigenvalue weighted by atomic mass is 9.82. The largest absolute Gasteiger partial charge is 0.356 e. The van der Waals surface area contributed by atoms with Crippen molar-refractivity contribution in [3.8, 4) is 0 Å². The molecule has 18 heavy (non-hydrogen) atoms. The summed E-state index contributed by atoms with van der Waals surface area (Å²) in [6.45, 7) is 5.18. The van der Waals surface area contributed by atoms with Gasteiger partial charge in [0.15, 0.2) is 0 Å². The number of hydrogen-bond acceptors (Lipinski definition) is 2. The smallest absolute Gasteiger partial charge is 0.223 e. The topological polar surface area (TPSA) is 41.1 Å². The minimum atomic E-state index is 0.281. The predicted molar refractivity (Wildman–Crippen MR) is 74.3 cm³/mol. The molecule has 3 heteroatoms. The summed E-state index contributed by atoms with van der Waals surface area (Å²) in [4.78, 5) is 12.0. The van der Waals surface area contributed by atoms with Crippen LogP contribution in [0.15, 0.2) is 11.6 Å². The lowest BCUT2D eigenvalue weighted by Crippen LogP contribution is -2.34. The number of hydrogen-bond donors (Lipinski definition) is 2. The van der Waals surface area contributed by atoms with Crippen LogP contribution in [-0.4, -0.2) is 25.5 Å². The van der Waals surface area contributed by atoms with Crippen LogP contribution in [0.1, 0.15) is 45.4 Å². The molecule has 1 aliphatic heterocycles. The van der Waals surface area contributed by atoms with Gasteiger partial charge >= 0.3 is 0 Å². The van der Waals surface area contributed by atoms with Crippen LogP contribution < -0.4 is 10.6 Å². The summed E-state index contributed by atoms with van der Waals surface area (Å²) in [6, 6.07) is 0. The molecule has 2 N–H and O–H groups in total. The van der Waals surface area contributed by atoms with E-state index in [1.807, 2.05) is 0 Å².